The van der Waals surface area contributed by atoms with Crippen LogP contribution in [0.4, 0.5) is 0 Å². The van der Waals surface area contributed by atoms with Gasteiger partial charge in [-0.05, 0) is 25.7 Å². The second-order valence-electron chi connectivity index (χ2n) is 3.77. The van der Waals surface area contributed by atoms with Crippen LogP contribution in [0, 0.1) is 17.2 Å². The van der Waals surface area contributed by atoms with E-state index in [1.807, 2.05) is 0 Å². The lowest BCUT2D eigenvalue weighted by Crippen LogP contribution is -2.30. The Kier molecular flexibility index (Phi) is 3.11. The topological polar surface area (TPSA) is 44.0 Å². The highest BCUT2D eigenvalue weighted by Gasteiger charge is 2.40. The molecule has 68 valence electrons. The Hall–Kier alpha value is -0.550. The lowest BCUT2D eigenvalue weighted by molar-refractivity contribution is 0.0541. The third-order valence-corrected chi connectivity index (χ3v) is 2.89. The summed E-state index contributed by atoms with van der Waals surface area (Å²) in [6.45, 7) is 2.14. The van der Waals surface area contributed by atoms with Crippen LogP contribution >= 0.6 is 0 Å². The molecule has 0 bridgehead atoms. The smallest absolute Gasteiger partial charge is 0.153 e. The van der Waals surface area contributed by atoms with Crippen molar-refractivity contribution in [3.63, 3.8) is 0 Å². The maximum absolute atomic E-state index is 9.83. The van der Waals surface area contributed by atoms with Crippen LogP contribution < -0.4 is 0 Å². The van der Waals surface area contributed by atoms with Crippen molar-refractivity contribution >= 4 is 0 Å². The number of hydrogen-bond donors (Lipinski definition) is 1. The van der Waals surface area contributed by atoms with E-state index in [9.17, 15) is 5.11 Å². The second kappa shape index (κ2) is 3.91. The van der Waals surface area contributed by atoms with Crippen molar-refractivity contribution in [1.82, 2.24) is 0 Å². The minimum absolute atomic E-state index is 0.238. The molecule has 0 heterocycles. The van der Waals surface area contributed by atoms with Crippen LogP contribution in [-0.2, 0) is 0 Å². The molecule has 0 aromatic carbocycles. The summed E-state index contributed by atoms with van der Waals surface area (Å²) in [6, 6.07) is 2.05. The van der Waals surface area contributed by atoms with Gasteiger partial charge in [0.25, 0.3) is 0 Å². The monoisotopic (exact) mass is 167 g/mol. The van der Waals surface area contributed by atoms with Crippen LogP contribution in [0.15, 0.2) is 0 Å². The van der Waals surface area contributed by atoms with Gasteiger partial charge in [-0.1, -0.05) is 19.8 Å². The molecule has 2 nitrogen and oxygen atoms in total. The number of rotatable bonds is 3. The highest BCUT2D eigenvalue weighted by atomic mass is 16.3. The van der Waals surface area contributed by atoms with Gasteiger partial charge in [0.2, 0.25) is 0 Å². The molecule has 2 heteroatoms. The standard InChI is InChI=1S/C10H17NO/c1-2-3-5-9-6-4-7-10(9,12)8-11/h9,12H,2-7H2,1H3/t9-,10-/m1/s1. The van der Waals surface area contributed by atoms with Crippen LogP contribution in [0.3, 0.4) is 0 Å². The van der Waals surface area contributed by atoms with E-state index in [1.165, 1.54) is 0 Å². The summed E-state index contributed by atoms with van der Waals surface area (Å²) in [5.74, 6) is 0.238. The molecule has 1 saturated carbocycles. The Bertz CT molecular complexity index is 185. The Morgan fingerprint density at radius 2 is 2.42 bits per heavy atom. The van der Waals surface area contributed by atoms with Gasteiger partial charge in [0.15, 0.2) is 5.60 Å². The molecule has 2 atom stereocenters. The largest absolute Gasteiger partial charge is 0.375 e. The first-order valence-electron chi connectivity index (χ1n) is 4.86. The molecule has 1 fully saturated rings. The van der Waals surface area contributed by atoms with Crippen molar-refractivity contribution in [3.05, 3.63) is 0 Å². The zero-order valence-corrected chi connectivity index (χ0v) is 7.71. The van der Waals surface area contributed by atoms with Gasteiger partial charge in [-0.25, -0.2) is 0 Å². The van der Waals surface area contributed by atoms with E-state index in [4.69, 9.17) is 5.26 Å². The maximum atomic E-state index is 9.83. The third-order valence-electron chi connectivity index (χ3n) is 2.89. The van der Waals surface area contributed by atoms with Gasteiger partial charge in [0, 0.05) is 5.92 Å². The van der Waals surface area contributed by atoms with Gasteiger partial charge in [-0.15, -0.1) is 0 Å². The average Bonchev–Trinajstić information content (AvgIpc) is 2.45. The first-order chi connectivity index (χ1) is 5.73. The zero-order valence-electron chi connectivity index (χ0n) is 7.71. The summed E-state index contributed by atoms with van der Waals surface area (Å²) in [5, 5.41) is 18.6. The fourth-order valence-electron chi connectivity index (χ4n) is 2.04. The Labute approximate surface area is 74.2 Å². The van der Waals surface area contributed by atoms with E-state index in [2.05, 4.69) is 13.0 Å². The summed E-state index contributed by atoms with van der Waals surface area (Å²) in [4.78, 5) is 0. The van der Waals surface area contributed by atoms with Gasteiger partial charge in [-0.3, -0.25) is 0 Å². The first kappa shape index (κ1) is 9.54. The summed E-state index contributed by atoms with van der Waals surface area (Å²) in [7, 11) is 0. The van der Waals surface area contributed by atoms with E-state index < -0.39 is 5.60 Å². The van der Waals surface area contributed by atoms with E-state index >= 15 is 0 Å². The SMILES string of the molecule is CCCC[C@@H]1CCC[C@@]1(O)C#N. The van der Waals surface area contributed by atoms with Crippen LogP contribution in [0.1, 0.15) is 45.4 Å². The molecule has 1 aliphatic rings. The number of nitrogens with zero attached hydrogens (tertiary/aromatic N) is 1. The second-order valence-corrected chi connectivity index (χ2v) is 3.77. The molecule has 12 heavy (non-hydrogen) atoms. The molecule has 1 aliphatic carbocycles. The van der Waals surface area contributed by atoms with E-state index in [1.54, 1.807) is 0 Å². The zero-order chi connectivity index (χ0) is 9.03. The van der Waals surface area contributed by atoms with E-state index in [0.29, 0.717) is 6.42 Å². The highest BCUT2D eigenvalue weighted by Crippen LogP contribution is 2.38. The van der Waals surface area contributed by atoms with Crippen molar-refractivity contribution in [1.29, 1.82) is 5.26 Å². The molecular formula is C10H17NO. The van der Waals surface area contributed by atoms with Gasteiger partial charge in [0.05, 0.1) is 6.07 Å². The Balaban J connectivity index is 2.47. The molecule has 0 aromatic rings. The summed E-state index contributed by atoms with van der Waals surface area (Å²) >= 11 is 0. The lowest BCUT2D eigenvalue weighted by Gasteiger charge is -2.21. The van der Waals surface area contributed by atoms with Crippen molar-refractivity contribution in [2.45, 2.75) is 51.0 Å². The fraction of sp³-hybridized carbons (Fsp3) is 0.900. The lowest BCUT2D eigenvalue weighted by atomic mass is 9.88. The minimum Gasteiger partial charge on any atom is -0.375 e. The first-order valence-corrected chi connectivity index (χ1v) is 4.86. The predicted molar refractivity (Wildman–Crippen MR) is 47.4 cm³/mol. The van der Waals surface area contributed by atoms with E-state index in [-0.39, 0.29) is 5.92 Å². The molecule has 1 N–H and O–H groups in total. The quantitative estimate of drug-likeness (QED) is 0.655. The number of aliphatic hydroxyl groups is 1. The highest BCUT2D eigenvalue weighted by molar-refractivity contribution is 5.07. The van der Waals surface area contributed by atoms with Crippen molar-refractivity contribution in [3.8, 4) is 6.07 Å². The minimum atomic E-state index is -0.991. The van der Waals surface area contributed by atoms with Crippen LogP contribution in [0.5, 0.6) is 0 Å². The molecule has 0 spiro atoms. The summed E-state index contributed by atoms with van der Waals surface area (Å²) in [5.41, 5.74) is -0.991. The number of unbranched alkanes of at least 4 members (excludes halogenated alkanes) is 1. The maximum Gasteiger partial charge on any atom is 0.153 e. The molecule has 1 rings (SSSR count). The van der Waals surface area contributed by atoms with Crippen LogP contribution in [0.25, 0.3) is 0 Å². The van der Waals surface area contributed by atoms with Crippen molar-refractivity contribution in [2.75, 3.05) is 0 Å². The van der Waals surface area contributed by atoms with Gasteiger partial charge in [-0.2, -0.15) is 5.26 Å². The Morgan fingerprint density at radius 3 is 3.00 bits per heavy atom. The molecule has 0 aliphatic heterocycles. The van der Waals surface area contributed by atoms with Crippen molar-refractivity contribution in [2.24, 2.45) is 5.92 Å². The van der Waals surface area contributed by atoms with E-state index in [0.717, 1.165) is 32.1 Å². The molecule has 0 aromatic heterocycles. The number of hydrogen-bond acceptors (Lipinski definition) is 2. The van der Waals surface area contributed by atoms with Crippen LogP contribution in [-0.4, -0.2) is 10.7 Å². The molecule has 0 unspecified atom stereocenters. The van der Waals surface area contributed by atoms with Gasteiger partial charge >= 0.3 is 0 Å². The Morgan fingerprint density at radius 1 is 1.67 bits per heavy atom. The summed E-state index contributed by atoms with van der Waals surface area (Å²) < 4.78 is 0. The summed E-state index contributed by atoms with van der Waals surface area (Å²) in [6.07, 6.45) is 6.02. The fourth-order valence-corrected chi connectivity index (χ4v) is 2.04. The molecule has 0 saturated heterocycles. The third kappa shape index (κ3) is 1.78. The number of nitriles is 1. The van der Waals surface area contributed by atoms with Gasteiger partial charge in [0.1, 0.15) is 0 Å². The molecule has 0 radical (unpaired) electrons. The van der Waals surface area contributed by atoms with Crippen molar-refractivity contribution < 1.29 is 5.11 Å². The van der Waals surface area contributed by atoms with Gasteiger partial charge < -0.3 is 5.11 Å². The normalized spacial score (nSPS) is 34.9. The molecular weight excluding hydrogens is 150 g/mol. The predicted octanol–water partition coefficient (Wildman–Crippen LogP) is 2.23. The molecule has 0 amide bonds. The average molecular weight is 167 g/mol. The van der Waals surface area contributed by atoms with Crippen LogP contribution in [0.2, 0.25) is 0 Å².